The van der Waals surface area contributed by atoms with E-state index in [-0.39, 0.29) is 17.5 Å². The Balaban J connectivity index is 1.50. The minimum Gasteiger partial charge on any atom is -0.325 e. The summed E-state index contributed by atoms with van der Waals surface area (Å²) in [5, 5.41) is 4.38. The van der Waals surface area contributed by atoms with Gasteiger partial charge in [-0.2, -0.15) is 0 Å². The molecule has 5 rings (SSSR count). The summed E-state index contributed by atoms with van der Waals surface area (Å²) in [6, 6.07) is 20.4. The van der Waals surface area contributed by atoms with Gasteiger partial charge in [0.05, 0.1) is 22.3 Å². The molecule has 0 spiro atoms. The molecule has 2 heterocycles. The number of nitrogens with one attached hydrogen (secondary N) is 1. The van der Waals surface area contributed by atoms with Crippen molar-refractivity contribution < 1.29 is 9.18 Å². The molecule has 0 saturated heterocycles. The summed E-state index contributed by atoms with van der Waals surface area (Å²) in [7, 11) is 0. The van der Waals surface area contributed by atoms with Crippen LogP contribution in [0.25, 0.3) is 27.6 Å². The van der Waals surface area contributed by atoms with E-state index < -0.39 is 0 Å². The zero-order valence-electron chi connectivity index (χ0n) is 16.1. The lowest BCUT2D eigenvalue weighted by molar-refractivity contribution is -0.113. The average molecular weight is 416 g/mol. The molecule has 5 aromatic rings. The zero-order valence-corrected chi connectivity index (χ0v) is 16.9. The molecule has 7 heteroatoms. The van der Waals surface area contributed by atoms with Crippen molar-refractivity contribution in [3.8, 4) is 0 Å². The molecule has 0 fully saturated rings. The van der Waals surface area contributed by atoms with Crippen molar-refractivity contribution in [2.24, 2.45) is 0 Å². The van der Waals surface area contributed by atoms with Crippen molar-refractivity contribution in [2.45, 2.75) is 12.1 Å². The number of aryl methyl sites for hydroxylation is 1. The van der Waals surface area contributed by atoms with Gasteiger partial charge in [-0.3, -0.25) is 9.20 Å². The molecule has 0 aliphatic rings. The first-order chi connectivity index (χ1) is 14.6. The number of hydrogen-bond donors (Lipinski definition) is 1. The molecule has 0 atom stereocenters. The molecule has 0 unspecified atom stereocenters. The lowest BCUT2D eigenvalue weighted by Gasteiger charge is -2.09. The quantitative estimate of drug-likeness (QED) is 0.323. The minimum absolute atomic E-state index is 0.141. The summed E-state index contributed by atoms with van der Waals surface area (Å²) in [6.45, 7) is 1.68. The summed E-state index contributed by atoms with van der Waals surface area (Å²) in [6.07, 6.45) is 0. The number of nitrogens with zero attached hydrogens (tertiary/aromatic N) is 3. The highest BCUT2D eigenvalue weighted by Crippen LogP contribution is 2.29. The van der Waals surface area contributed by atoms with E-state index in [1.54, 1.807) is 19.1 Å². The zero-order chi connectivity index (χ0) is 20.7. The normalized spacial score (nSPS) is 11.4. The molecule has 0 radical (unpaired) electrons. The molecule has 0 aliphatic carbocycles. The van der Waals surface area contributed by atoms with Gasteiger partial charge in [-0.25, -0.2) is 14.4 Å². The number of fused-ring (bicyclic) bond motifs is 5. The second-order valence-corrected chi connectivity index (χ2v) is 7.91. The van der Waals surface area contributed by atoms with Gasteiger partial charge in [-0.1, -0.05) is 42.1 Å². The smallest absolute Gasteiger partial charge is 0.234 e. The second-order valence-electron chi connectivity index (χ2n) is 6.97. The van der Waals surface area contributed by atoms with E-state index >= 15 is 0 Å². The first kappa shape index (κ1) is 18.6. The van der Waals surface area contributed by atoms with Gasteiger partial charge in [-0.05, 0) is 48.9 Å². The standard InChI is InChI=1S/C23H17FN4OS/c1-14-10-11-15(12-17(14)24)25-21(29)13-30-23-27-18-7-3-2-6-16(18)22-26-19-8-4-5-9-20(19)28(22)23/h2-12H,13H2,1H3,(H,25,29). The van der Waals surface area contributed by atoms with E-state index in [0.29, 0.717) is 16.4 Å². The van der Waals surface area contributed by atoms with Crippen LogP contribution in [0.3, 0.4) is 0 Å². The monoisotopic (exact) mass is 416 g/mol. The molecule has 30 heavy (non-hydrogen) atoms. The molecular weight excluding hydrogens is 399 g/mol. The van der Waals surface area contributed by atoms with Crippen molar-refractivity contribution in [1.82, 2.24) is 14.4 Å². The van der Waals surface area contributed by atoms with Gasteiger partial charge in [0.1, 0.15) is 11.5 Å². The number of rotatable bonds is 4. The van der Waals surface area contributed by atoms with E-state index in [1.807, 2.05) is 52.9 Å². The molecule has 1 amide bonds. The second kappa shape index (κ2) is 7.42. The van der Waals surface area contributed by atoms with Gasteiger partial charge in [-0.15, -0.1) is 0 Å². The number of halogens is 1. The predicted molar refractivity (Wildman–Crippen MR) is 118 cm³/mol. The van der Waals surface area contributed by atoms with Crippen molar-refractivity contribution in [3.63, 3.8) is 0 Å². The van der Waals surface area contributed by atoms with Crippen LogP contribution in [0.5, 0.6) is 0 Å². The van der Waals surface area contributed by atoms with Gasteiger partial charge >= 0.3 is 0 Å². The number of amides is 1. The number of para-hydroxylation sites is 3. The molecule has 148 valence electrons. The van der Waals surface area contributed by atoms with Crippen LogP contribution in [0.15, 0.2) is 71.9 Å². The lowest BCUT2D eigenvalue weighted by atomic mass is 10.2. The summed E-state index contributed by atoms with van der Waals surface area (Å²) in [4.78, 5) is 22.0. The number of carbonyl (C=O) groups is 1. The summed E-state index contributed by atoms with van der Waals surface area (Å²) < 4.78 is 15.7. The summed E-state index contributed by atoms with van der Waals surface area (Å²) in [5.41, 5.74) is 4.42. The SMILES string of the molecule is Cc1ccc(NC(=O)CSc2nc3ccccc3c3nc4ccccc4n23)cc1F. The highest BCUT2D eigenvalue weighted by molar-refractivity contribution is 7.99. The van der Waals surface area contributed by atoms with Gasteiger partial charge < -0.3 is 5.32 Å². The summed E-state index contributed by atoms with van der Waals surface area (Å²) in [5.74, 6) is -0.429. The molecule has 2 aromatic heterocycles. The number of thioether (sulfide) groups is 1. The molecule has 0 saturated carbocycles. The minimum atomic E-state index is -0.344. The predicted octanol–water partition coefficient (Wildman–Crippen LogP) is 5.21. The van der Waals surface area contributed by atoms with E-state index in [4.69, 9.17) is 9.97 Å². The number of benzene rings is 3. The van der Waals surface area contributed by atoms with E-state index in [1.165, 1.54) is 17.8 Å². The van der Waals surface area contributed by atoms with Crippen LogP contribution in [0.4, 0.5) is 10.1 Å². The number of carbonyl (C=O) groups excluding carboxylic acids is 1. The molecule has 3 aromatic carbocycles. The number of imidazole rings is 1. The first-order valence-electron chi connectivity index (χ1n) is 9.45. The van der Waals surface area contributed by atoms with E-state index in [2.05, 4.69) is 5.32 Å². The van der Waals surface area contributed by atoms with Crippen LogP contribution in [-0.2, 0) is 4.79 Å². The van der Waals surface area contributed by atoms with Crippen molar-refractivity contribution in [1.29, 1.82) is 0 Å². The Morgan fingerprint density at radius 2 is 1.80 bits per heavy atom. The molecule has 0 aliphatic heterocycles. The number of hydrogen-bond acceptors (Lipinski definition) is 4. The molecule has 0 bridgehead atoms. The van der Waals surface area contributed by atoms with Crippen LogP contribution < -0.4 is 5.32 Å². The maximum atomic E-state index is 13.7. The fourth-order valence-electron chi connectivity index (χ4n) is 3.41. The first-order valence-corrected chi connectivity index (χ1v) is 10.4. The van der Waals surface area contributed by atoms with Gasteiger partial charge in [0, 0.05) is 11.1 Å². The molecule has 5 nitrogen and oxygen atoms in total. The van der Waals surface area contributed by atoms with Crippen LogP contribution >= 0.6 is 11.8 Å². The van der Waals surface area contributed by atoms with Gasteiger partial charge in [0.2, 0.25) is 5.91 Å². The molecule has 1 N–H and O–H groups in total. The van der Waals surface area contributed by atoms with Crippen molar-refractivity contribution in [3.05, 3.63) is 78.1 Å². The largest absolute Gasteiger partial charge is 0.325 e. The van der Waals surface area contributed by atoms with E-state index in [0.717, 1.165) is 27.6 Å². The van der Waals surface area contributed by atoms with Gasteiger partial charge in [0.25, 0.3) is 0 Å². The van der Waals surface area contributed by atoms with Gasteiger partial charge in [0.15, 0.2) is 5.16 Å². The van der Waals surface area contributed by atoms with Crippen molar-refractivity contribution in [2.75, 3.05) is 11.1 Å². The van der Waals surface area contributed by atoms with Crippen LogP contribution in [0, 0.1) is 12.7 Å². The van der Waals surface area contributed by atoms with Crippen LogP contribution in [0.2, 0.25) is 0 Å². The number of aromatic nitrogens is 3. The van der Waals surface area contributed by atoms with E-state index in [9.17, 15) is 9.18 Å². The van der Waals surface area contributed by atoms with Crippen molar-refractivity contribution >= 4 is 50.9 Å². The van der Waals surface area contributed by atoms with Crippen LogP contribution in [0.1, 0.15) is 5.56 Å². The third-order valence-corrected chi connectivity index (χ3v) is 5.84. The average Bonchev–Trinajstić information content (AvgIpc) is 3.15. The third-order valence-electron chi connectivity index (χ3n) is 4.90. The van der Waals surface area contributed by atoms with Crippen LogP contribution in [-0.4, -0.2) is 26.0 Å². The Kier molecular flexibility index (Phi) is 4.59. The lowest BCUT2D eigenvalue weighted by Crippen LogP contribution is -2.14. The Morgan fingerprint density at radius 3 is 2.63 bits per heavy atom. The topological polar surface area (TPSA) is 59.3 Å². The highest BCUT2D eigenvalue weighted by Gasteiger charge is 2.15. The Labute approximate surface area is 176 Å². The number of anilines is 1. The fraction of sp³-hybridized carbons (Fsp3) is 0.0870. The maximum absolute atomic E-state index is 13.7. The Bertz CT molecular complexity index is 1430. The Hall–Kier alpha value is -3.45. The highest BCUT2D eigenvalue weighted by atomic mass is 32.2. The Morgan fingerprint density at radius 1 is 1.03 bits per heavy atom. The maximum Gasteiger partial charge on any atom is 0.234 e. The summed E-state index contributed by atoms with van der Waals surface area (Å²) >= 11 is 1.32. The fourth-order valence-corrected chi connectivity index (χ4v) is 4.22. The third kappa shape index (κ3) is 3.27. The molecular formula is C23H17FN4OS.